The SMILES string of the molecule is COc1ccc(C2C=C(c3ccc4ccccc4c3)N=C3SCC(=O)N32)cc1. The number of aliphatic imine (C=N–C) groups is 1. The number of hydrogen-bond acceptors (Lipinski definition) is 4. The first kappa shape index (κ1) is 17.1. The van der Waals surface area contributed by atoms with E-state index in [1.807, 2.05) is 36.4 Å². The minimum absolute atomic E-state index is 0.0957. The third kappa shape index (κ3) is 2.88. The van der Waals surface area contributed by atoms with Crippen LogP contribution < -0.4 is 4.74 Å². The molecule has 28 heavy (non-hydrogen) atoms. The molecule has 1 amide bonds. The van der Waals surface area contributed by atoms with Gasteiger partial charge in [-0.2, -0.15) is 0 Å². The molecule has 3 aromatic carbocycles. The molecule has 1 fully saturated rings. The standard InChI is InChI=1S/C23H18N2O2S/c1-27-19-10-8-16(9-11-19)21-13-20(24-23-25(21)22(26)14-28-23)18-7-6-15-4-2-3-5-17(15)12-18/h2-13,21H,14H2,1H3. The van der Waals surface area contributed by atoms with E-state index in [9.17, 15) is 4.79 Å². The second-order valence-electron chi connectivity index (χ2n) is 6.78. The normalized spacial score (nSPS) is 18.7. The van der Waals surface area contributed by atoms with Gasteiger partial charge in [-0.3, -0.25) is 9.69 Å². The second kappa shape index (κ2) is 6.84. The Hall–Kier alpha value is -3.05. The minimum atomic E-state index is -0.164. The van der Waals surface area contributed by atoms with Crippen LogP contribution in [-0.2, 0) is 4.79 Å². The predicted molar refractivity (Wildman–Crippen MR) is 114 cm³/mol. The lowest BCUT2D eigenvalue weighted by molar-refractivity contribution is -0.125. The van der Waals surface area contributed by atoms with E-state index in [-0.39, 0.29) is 11.9 Å². The fraction of sp³-hybridized carbons (Fsp3) is 0.130. The second-order valence-corrected chi connectivity index (χ2v) is 7.72. The van der Waals surface area contributed by atoms with E-state index in [0.717, 1.165) is 27.7 Å². The third-order valence-corrected chi connectivity index (χ3v) is 6.05. The molecule has 0 bridgehead atoms. The fourth-order valence-corrected chi connectivity index (χ4v) is 4.56. The van der Waals surface area contributed by atoms with Gasteiger partial charge in [0.05, 0.1) is 24.6 Å². The van der Waals surface area contributed by atoms with Gasteiger partial charge in [0.1, 0.15) is 5.75 Å². The molecule has 2 heterocycles. The molecule has 4 nitrogen and oxygen atoms in total. The van der Waals surface area contributed by atoms with Crippen LogP contribution in [0.15, 0.2) is 77.8 Å². The van der Waals surface area contributed by atoms with Gasteiger partial charge in [0, 0.05) is 5.56 Å². The van der Waals surface area contributed by atoms with Crippen molar-refractivity contribution in [1.29, 1.82) is 0 Å². The van der Waals surface area contributed by atoms with E-state index in [2.05, 4.69) is 36.4 Å². The molecule has 0 aliphatic carbocycles. The zero-order valence-electron chi connectivity index (χ0n) is 15.3. The maximum absolute atomic E-state index is 12.5. The quantitative estimate of drug-likeness (QED) is 0.645. The Morgan fingerprint density at radius 2 is 1.82 bits per heavy atom. The third-order valence-electron chi connectivity index (χ3n) is 5.11. The molecule has 5 heteroatoms. The number of nitrogens with zero attached hydrogens (tertiary/aromatic N) is 2. The molecule has 0 N–H and O–H groups in total. The summed E-state index contributed by atoms with van der Waals surface area (Å²) in [5, 5.41) is 3.16. The van der Waals surface area contributed by atoms with Crippen molar-refractivity contribution >= 4 is 39.3 Å². The van der Waals surface area contributed by atoms with E-state index < -0.39 is 0 Å². The molecule has 2 aliphatic heterocycles. The molecule has 5 rings (SSSR count). The molecule has 0 saturated carbocycles. The van der Waals surface area contributed by atoms with Gasteiger partial charge in [0.25, 0.3) is 0 Å². The highest BCUT2D eigenvalue weighted by Gasteiger charge is 2.37. The van der Waals surface area contributed by atoms with Crippen LogP contribution in [0.2, 0.25) is 0 Å². The van der Waals surface area contributed by atoms with Gasteiger partial charge < -0.3 is 4.74 Å². The summed E-state index contributed by atoms with van der Waals surface area (Å²) in [6.07, 6.45) is 2.08. The maximum Gasteiger partial charge on any atom is 0.239 e. The number of amidine groups is 1. The number of fused-ring (bicyclic) bond motifs is 2. The fourth-order valence-electron chi connectivity index (χ4n) is 3.65. The number of hydrogen-bond donors (Lipinski definition) is 0. The lowest BCUT2D eigenvalue weighted by Gasteiger charge is -2.29. The van der Waals surface area contributed by atoms with E-state index in [1.54, 1.807) is 12.0 Å². The molecule has 1 unspecified atom stereocenters. The summed E-state index contributed by atoms with van der Waals surface area (Å²) >= 11 is 1.50. The monoisotopic (exact) mass is 386 g/mol. The van der Waals surface area contributed by atoms with E-state index >= 15 is 0 Å². The number of carbonyl (C=O) groups excluding carboxylic acids is 1. The van der Waals surface area contributed by atoms with Crippen molar-refractivity contribution < 1.29 is 9.53 Å². The van der Waals surface area contributed by atoms with Gasteiger partial charge in [-0.05, 0) is 40.6 Å². The van der Waals surface area contributed by atoms with Gasteiger partial charge in [0.15, 0.2) is 5.17 Å². The Morgan fingerprint density at radius 1 is 1.04 bits per heavy atom. The number of ether oxygens (including phenoxy) is 1. The van der Waals surface area contributed by atoms with Crippen molar-refractivity contribution in [3.05, 3.63) is 83.9 Å². The molecule has 2 aliphatic rings. The van der Waals surface area contributed by atoms with Gasteiger partial charge in [-0.25, -0.2) is 4.99 Å². The number of benzene rings is 3. The van der Waals surface area contributed by atoms with Crippen LogP contribution in [0.3, 0.4) is 0 Å². The smallest absolute Gasteiger partial charge is 0.239 e. The number of thioether (sulfide) groups is 1. The first-order chi connectivity index (χ1) is 13.7. The highest BCUT2D eigenvalue weighted by molar-refractivity contribution is 8.15. The van der Waals surface area contributed by atoms with E-state index in [1.165, 1.54) is 22.5 Å². The average Bonchev–Trinajstić information content (AvgIpc) is 3.13. The van der Waals surface area contributed by atoms with Crippen LogP contribution in [0, 0.1) is 0 Å². The summed E-state index contributed by atoms with van der Waals surface area (Å²) in [6.45, 7) is 0. The summed E-state index contributed by atoms with van der Waals surface area (Å²) in [6, 6.07) is 22.4. The Bertz CT molecular complexity index is 1130. The van der Waals surface area contributed by atoms with Crippen LogP contribution >= 0.6 is 11.8 Å². The van der Waals surface area contributed by atoms with Crippen molar-refractivity contribution in [1.82, 2.24) is 4.90 Å². The van der Waals surface area contributed by atoms with Crippen LogP contribution in [0.25, 0.3) is 16.5 Å². The topological polar surface area (TPSA) is 41.9 Å². The van der Waals surface area contributed by atoms with Crippen molar-refractivity contribution in [3.63, 3.8) is 0 Å². The molecular weight excluding hydrogens is 368 g/mol. The lowest BCUT2D eigenvalue weighted by Crippen LogP contribution is -2.34. The number of rotatable bonds is 3. The van der Waals surface area contributed by atoms with Crippen molar-refractivity contribution in [3.8, 4) is 5.75 Å². The summed E-state index contributed by atoms with van der Waals surface area (Å²) in [4.78, 5) is 19.1. The largest absolute Gasteiger partial charge is 0.497 e. The zero-order chi connectivity index (χ0) is 19.1. The summed E-state index contributed by atoms with van der Waals surface area (Å²) in [5.74, 6) is 1.33. The molecular formula is C23H18N2O2S. The van der Waals surface area contributed by atoms with Crippen LogP contribution in [0.5, 0.6) is 5.75 Å². The van der Waals surface area contributed by atoms with Gasteiger partial charge >= 0.3 is 0 Å². The first-order valence-corrected chi connectivity index (χ1v) is 10.1. The summed E-state index contributed by atoms with van der Waals surface area (Å²) in [7, 11) is 1.65. The number of amides is 1. The van der Waals surface area contributed by atoms with E-state index in [0.29, 0.717) is 5.75 Å². The van der Waals surface area contributed by atoms with Crippen LogP contribution in [0.4, 0.5) is 0 Å². The van der Waals surface area contributed by atoms with Crippen LogP contribution in [-0.4, -0.2) is 28.8 Å². The average molecular weight is 386 g/mol. The molecule has 0 radical (unpaired) electrons. The number of carbonyl (C=O) groups is 1. The predicted octanol–water partition coefficient (Wildman–Crippen LogP) is 4.88. The molecule has 0 aromatic heterocycles. The maximum atomic E-state index is 12.5. The Labute approximate surface area is 167 Å². The highest BCUT2D eigenvalue weighted by atomic mass is 32.2. The number of methoxy groups -OCH3 is 1. The summed E-state index contributed by atoms with van der Waals surface area (Å²) < 4.78 is 5.27. The Morgan fingerprint density at radius 3 is 2.61 bits per heavy atom. The van der Waals surface area contributed by atoms with Gasteiger partial charge in [0.2, 0.25) is 5.91 Å². The van der Waals surface area contributed by atoms with Gasteiger partial charge in [-0.1, -0.05) is 60.3 Å². The molecule has 1 saturated heterocycles. The van der Waals surface area contributed by atoms with Crippen LogP contribution in [0.1, 0.15) is 17.2 Å². The van der Waals surface area contributed by atoms with Crippen molar-refractivity contribution in [2.45, 2.75) is 6.04 Å². The highest BCUT2D eigenvalue weighted by Crippen LogP contribution is 2.39. The molecule has 1 atom stereocenters. The molecule has 0 spiro atoms. The zero-order valence-corrected chi connectivity index (χ0v) is 16.1. The summed E-state index contributed by atoms with van der Waals surface area (Å²) in [5.41, 5.74) is 3.01. The van der Waals surface area contributed by atoms with Crippen molar-refractivity contribution in [2.24, 2.45) is 4.99 Å². The lowest BCUT2D eigenvalue weighted by atomic mass is 9.99. The van der Waals surface area contributed by atoms with Crippen molar-refractivity contribution in [2.75, 3.05) is 12.9 Å². The minimum Gasteiger partial charge on any atom is -0.497 e. The Kier molecular flexibility index (Phi) is 4.17. The van der Waals surface area contributed by atoms with E-state index in [4.69, 9.17) is 9.73 Å². The Balaban J connectivity index is 1.60. The first-order valence-electron chi connectivity index (χ1n) is 9.11. The van der Waals surface area contributed by atoms with Gasteiger partial charge in [-0.15, -0.1) is 0 Å². The molecule has 138 valence electrons. The molecule has 3 aromatic rings.